The molecule has 0 aromatic heterocycles. The minimum Gasteiger partial charge on any atom is -0.350 e. The highest BCUT2D eigenvalue weighted by Gasteiger charge is 2.47. The summed E-state index contributed by atoms with van der Waals surface area (Å²) in [4.78, 5) is 0. The first-order valence-electron chi connectivity index (χ1n) is 5.37. The molecule has 16 heavy (non-hydrogen) atoms. The van der Waals surface area contributed by atoms with E-state index < -0.39 is 26.6 Å². The lowest BCUT2D eigenvalue weighted by Gasteiger charge is -2.45. The average molecular weight is 252 g/mol. The third-order valence-corrected chi connectivity index (χ3v) is 4.82. The summed E-state index contributed by atoms with van der Waals surface area (Å²) >= 11 is 0. The zero-order chi connectivity index (χ0) is 12.6. The summed E-state index contributed by atoms with van der Waals surface area (Å²) in [6.07, 6.45) is 0.573. The molecule has 1 aliphatic rings. The van der Waals surface area contributed by atoms with Crippen molar-refractivity contribution in [3.05, 3.63) is 0 Å². The van der Waals surface area contributed by atoms with Crippen LogP contribution in [0.4, 0.5) is 0 Å². The van der Waals surface area contributed by atoms with Crippen molar-refractivity contribution in [2.75, 3.05) is 13.2 Å². The van der Waals surface area contributed by atoms with Crippen molar-refractivity contribution in [3.63, 3.8) is 0 Å². The standard InChI is InChI=1S/C10H20O5S/c1-5-10(8(2)16(11,12)13)6-14-9(3,4)15-7-10/h8H,5-7H2,1-4H3,(H,11,12,13). The lowest BCUT2D eigenvalue weighted by Crippen LogP contribution is -2.53. The van der Waals surface area contributed by atoms with Crippen LogP contribution >= 0.6 is 0 Å². The van der Waals surface area contributed by atoms with Crippen LogP contribution in [0, 0.1) is 5.41 Å². The van der Waals surface area contributed by atoms with E-state index >= 15 is 0 Å². The molecule has 0 saturated carbocycles. The van der Waals surface area contributed by atoms with E-state index in [1.165, 1.54) is 6.92 Å². The van der Waals surface area contributed by atoms with Crippen LogP contribution in [0.15, 0.2) is 0 Å². The fourth-order valence-corrected chi connectivity index (χ4v) is 2.70. The van der Waals surface area contributed by atoms with Crippen molar-refractivity contribution < 1.29 is 22.4 Å². The largest absolute Gasteiger partial charge is 0.350 e. The van der Waals surface area contributed by atoms with E-state index in [9.17, 15) is 8.42 Å². The Balaban J connectivity index is 2.90. The second kappa shape index (κ2) is 4.25. The van der Waals surface area contributed by atoms with Gasteiger partial charge in [0.2, 0.25) is 0 Å². The van der Waals surface area contributed by atoms with Gasteiger partial charge in [-0.2, -0.15) is 8.42 Å². The van der Waals surface area contributed by atoms with E-state index in [2.05, 4.69) is 0 Å². The van der Waals surface area contributed by atoms with Gasteiger partial charge in [-0.05, 0) is 27.2 Å². The van der Waals surface area contributed by atoms with Gasteiger partial charge in [0.1, 0.15) is 0 Å². The Kier molecular flexibility index (Phi) is 3.69. The molecule has 0 bridgehead atoms. The van der Waals surface area contributed by atoms with Crippen molar-refractivity contribution in [2.45, 2.75) is 45.2 Å². The molecule has 1 heterocycles. The number of ether oxygens (including phenoxy) is 2. The fraction of sp³-hybridized carbons (Fsp3) is 1.00. The third kappa shape index (κ3) is 2.74. The smallest absolute Gasteiger partial charge is 0.268 e. The molecule has 0 radical (unpaired) electrons. The highest BCUT2D eigenvalue weighted by atomic mass is 32.2. The first-order valence-corrected chi connectivity index (χ1v) is 6.87. The van der Waals surface area contributed by atoms with Gasteiger partial charge in [-0.1, -0.05) is 6.92 Å². The first-order chi connectivity index (χ1) is 7.13. The maximum Gasteiger partial charge on any atom is 0.268 e. The van der Waals surface area contributed by atoms with Gasteiger partial charge in [0.25, 0.3) is 10.1 Å². The van der Waals surface area contributed by atoms with Gasteiger partial charge in [0.15, 0.2) is 5.79 Å². The van der Waals surface area contributed by atoms with Gasteiger partial charge in [-0.25, -0.2) is 0 Å². The van der Waals surface area contributed by atoms with Gasteiger partial charge in [-0.3, -0.25) is 4.55 Å². The molecule has 0 aromatic carbocycles. The van der Waals surface area contributed by atoms with Crippen molar-refractivity contribution in [1.29, 1.82) is 0 Å². The Labute approximate surface area is 96.9 Å². The van der Waals surface area contributed by atoms with E-state index in [1.807, 2.05) is 6.92 Å². The van der Waals surface area contributed by atoms with E-state index in [0.29, 0.717) is 6.42 Å². The maximum absolute atomic E-state index is 11.2. The minimum absolute atomic E-state index is 0.275. The van der Waals surface area contributed by atoms with Gasteiger partial charge in [0.05, 0.1) is 18.5 Å². The Hall–Kier alpha value is -0.170. The van der Waals surface area contributed by atoms with Crippen LogP contribution in [0.5, 0.6) is 0 Å². The minimum atomic E-state index is -4.07. The zero-order valence-electron chi connectivity index (χ0n) is 10.2. The molecule has 1 aliphatic heterocycles. The number of rotatable bonds is 3. The van der Waals surface area contributed by atoms with E-state index in [-0.39, 0.29) is 13.2 Å². The average Bonchev–Trinajstić information content (AvgIpc) is 2.17. The molecule has 1 atom stereocenters. The van der Waals surface area contributed by atoms with E-state index in [1.54, 1.807) is 13.8 Å². The lowest BCUT2D eigenvalue weighted by molar-refractivity contribution is -0.285. The topological polar surface area (TPSA) is 72.8 Å². The Bertz CT molecular complexity index is 336. The highest BCUT2D eigenvalue weighted by molar-refractivity contribution is 7.86. The van der Waals surface area contributed by atoms with Gasteiger partial charge < -0.3 is 9.47 Å². The Morgan fingerprint density at radius 1 is 1.31 bits per heavy atom. The third-order valence-electron chi connectivity index (χ3n) is 3.43. The second-order valence-corrected chi connectivity index (χ2v) is 6.59. The highest BCUT2D eigenvalue weighted by Crippen LogP contribution is 2.37. The van der Waals surface area contributed by atoms with Crippen LogP contribution in [0.3, 0.4) is 0 Å². The van der Waals surface area contributed by atoms with Crippen molar-refractivity contribution in [1.82, 2.24) is 0 Å². The Morgan fingerprint density at radius 3 is 2.06 bits per heavy atom. The first kappa shape index (κ1) is 13.9. The summed E-state index contributed by atoms with van der Waals surface area (Å²) in [6.45, 7) is 7.47. The van der Waals surface area contributed by atoms with Gasteiger partial charge in [-0.15, -0.1) is 0 Å². The van der Waals surface area contributed by atoms with Crippen LogP contribution in [0.25, 0.3) is 0 Å². The van der Waals surface area contributed by atoms with Crippen molar-refractivity contribution in [2.24, 2.45) is 5.41 Å². The van der Waals surface area contributed by atoms with Crippen LogP contribution in [-0.4, -0.2) is 37.2 Å². The molecule has 0 amide bonds. The molecule has 1 rings (SSSR count). The van der Waals surface area contributed by atoms with Gasteiger partial charge >= 0.3 is 0 Å². The maximum atomic E-state index is 11.2. The predicted octanol–water partition coefficient (Wildman–Crippen LogP) is 1.44. The molecule has 96 valence electrons. The summed E-state index contributed by atoms with van der Waals surface area (Å²) in [5.41, 5.74) is -0.664. The number of hydrogen-bond donors (Lipinski definition) is 1. The molecule has 6 heteroatoms. The van der Waals surface area contributed by atoms with Gasteiger partial charge in [0, 0.05) is 5.41 Å². The van der Waals surface area contributed by atoms with Crippen LogP contribution in [0.1, 0.15) is 34.1 Å². The molecular formula is C10H20O5S. The predicted molar refractivity (Wildman–Crippen MR) is 59.7 cm³/mol. The molecule has 0 aliphatic carbocycles. The lowest BCUT2D eigenvalue weighted by atomic mass is 9.83. The van der Waals surface area contributed by atoms with Crippen LogP contribution in [0.2, 0.25) is 0 Å². The fourth-order valence-electron chi connectivity index (χ4n) is 1.76. The molecule has 1 saturated heterocycles. The summed E-state index contributed by atoms with van der Waals surface area (Å²) in [6, 6.07) is 0. The van der Waals surface area contributed by atoms with Crippen molar-refractivity contribution >= 4 is 10.1 Å². The number of hydrogen-bond acceptors (Lipinski definition) is 4. The zero-order valence-corrected chi connectivity index (χ0v) is 11.0. The summed E-state index contributed by atoms with van der Waals surface area (Å²) in [5, 5.41) is -0.888. The normalized spacial score (nSPS) is 26.3. The molecular weight excluding hydrogens is 232 g/mol. The summed E-state index contributed by atoms with van der Waals surface area (Å²) in [5.74, 6) is -0.683. The van der Waals surface area contributed by atoms with Crippen LogP contribution in [-0.2, 0) is 19.6 Å². The SMILES string of the molecule is CCC1(C(C)S(=O)(=O)O)COC(C)(C)OC1. The van der Waals surface area contributed by atoms with Crippen molar-refractivity contribution in [3.8, 4) is 0 Å². The van der Waals surface area contributed by atoms with E-state index in [4.69, 9.17) is 14.0 Å². The van der Waals surface area contributed by atoms with Crippen LogP contribution < -0.4 is 0 Å². The molecule has 0 spiro atoms. The molecule has 0 aromatic rings. The quantitative estimate of drug-likeness (QED) is 0.769. The molecule has 5 nitrogen and oxygen atoms in total. The summed E-state index contributed by atoms with van der Waals surface area (Å²) < 4.78 is 42.5. The monoisotopic (exact) mass is 252 g/mol. The summed E-state index contributed by atoms with van der Waals surface area (Å²) in [7, 11) is -4.07. The second-order valence-electron chi connectivity index (χ2n) is 4.85. The Morgan fingerprint density at radius 2 is 1.75 bits per heavy atom. The molecule has 1 fully saturated rings. The van der Waals surface area contributed by atoms with E-state index in [0.717, 1.165) is 0 Å². The molecule has 1 unspecified atom stereocenters. The molecule has 1 N–H and O–H groups in total.